The molecule has 0 aliphatic rings. The maximum Gasteiger partial charge on any atom is 0.219 e. The number of nitrogens with two attached hydrogens (primary N) is 1. The zero-order valence-corrected chi connectivity index (χ0v) is 10.2. The SMILES string of the molecule is NCCCCCCNC(=O)CCCCCO. The summed E-state index contributed by atoms with van der Waals surface area (Å²) in [5.74, 6) is 0.136. The van der Waals surface area contributed by atoms with Crippen molar-refractivity contribution < 1.29 is 9.90 Å². The predicted octanol–water partition coefficient (Wildman–Crippen LogP) is 1.17. The maximum absolute atomic E-state index is 11.3. The Morgan fingerprint density at radius 2 is 1.69 bits per heavy atom. The summed E-state index contributed by atoms with van der Waals surface area (Å²) in [5, 5.41) is 11.5. The lowest BCUT2D eigenvalue weighted by Gasteiger charge is -2.04. The normalized spacial score (nSPS) is 10.4. The Kier molecular flexibility index (Phi) is 12.0. The van der Waals surface area contributed by atoms with Crippen molar-refractivity contribution in [2.45, 2.75) is 51.4 Å². The third-order valence-corrected chi connectivity index (χ3v) is 2.52. The zero-order valence-electron chi connectivity index (χ0n) is 10.2. The van der Waals surface area contributed by atoms with Crippen LogP contribution in [0.5, 0.6) is 0 Å². The van der Waals surface area contributed by atoms with E-state index in [2.05, 4.69) is 5.32 Å². The number of hydrogen-bond donors (Lipinski definition) is 3. The number of carbonyl (C=O) groups is 1. The van der Waals surface area contributed by atoms with E-state index in [9.17, 15) is 4.79 Å². The summed E-state index contributed by atoms with van der Waals surface area (Å²) in [7, 11) is 0. The topological polar surface area (TPSA) is 75.3 Å². The first kappa shape index (κ1) is 15.4. The fraction of sp³-hybridized carbons (Fsp3) is 0.917. The van der Waals surface area contributed by atoms with Crippen LogP contribution in [0.4, 0.5) is 0 Å². The molecule has 16 heavy (non-hydrogen) atoms. The minimum Gasteiger partial charge on any atom is -0.396 e. The molecule has 0 aromatic rings. The van der Waals surface area contributed by atoms with Crippen LogP contribution in [0.3, 0.4) is 0 Å². The molecule has 0 bridgehead atoms. The van der Waals surface area contributed by atoms with Crippen LogP contribution in [0.25, 0.3) is 0 Å². The van der Waals surface area contributed by atoms with E-state index in [0.29, 0.717) is 6.42 Å². The molecule has 4 heteroatoms. The van der Waals surface area contributed by atoms with Gasteiger partial charge in [0.1, 0.15) is 0 Å². The van der Waals surface area contributed by atoms with Gasteiger partial charge in [0, 0.05) is 19.6 Å². The summed E-state index contributed by atoms with van der Waals surface area (Å²) in [4.78, 5) is 11.3. The molecule has 0 rings (SSSR count). The summed E-state index contributed by atoms with van der Waals surface area (Å²) >= 11 is 0. The molecular weight excluding hydrogens is 204 g/mol. The van der Waals surface area contributed by atoms with Crippen molar-refractivity contribution in [3.05, 3.63) is 0 Å². The van der Waals surface area contributed by atoms with Gasteiger partial charge in [-0.15, -0.1) is 0 Å². The van der Waals surface area contributed by atoms with Gasteiger partial charge in [-0.1, -0.05) is 19.3 Å². The molecule has 96 valence electrons. The average molecular weight is 230 g/mol. The fourth-order valence-corrected chi connectivity index (χ4v) is 1.51. The molecule has 0 unspecified atom stereocenters. The van der Waals surface area contributed by atoms with Crippen molar-refractivity contribution in [2.75, 3.05) is 19.7 Å². The molecule has 0 aromatic heterocycles. The molecule has 0 aromatic carbocycles. The van der Waals surface area contributed by atoms with Crippen molar-refractivity contribution in [1.82, 2.24) is 5.32 Å². The van der Waals surface area contributed by atoms with Crippen LogP contribution >= 0.6 is 0 Å². The Morgan fingerprint density at radius 1 is 1.00 bits per heavy atom. The molecule has 0 saturated carbocycles. The van der Waals surface area contributed by atoms with Crippen molar-refractivity contribution in [3.8, 4) is 0 Å². The highest BCUT2D eigenvalue weighted by molar-refractivity contribution is 5.75. The van der Waals surface area contributed by atoms with Crippen molar-refractivity contribution in [2.24, 2.45) is 5.73 Å². The second-order valence-electron chi connectivity index (χ2n) is 4.09. The maximum atomic E-state index is 11.3. The van der Waals surface area contributed by atoms with Crippen LogP contribution in [-0.4, -0.2) is 30.7 Å². The molecule has 0 spiro atoms. The number of unbranched alkanes of at least 4 members (excludes halogenated alkanes) is 5. The van der Waals surface area contributed by atoms with Crippen LogP contribution in [0.2, 0.25) is 0 Å². The number of nitrogens with one attached hydrogen (secondary N) is 1. The highest BCUT2D eigenvalue weighted by Gasteiger charge is 1.99. The van der Waals surface area contributed by atoms with Crippen molar-refractivity contribution in [1.29, 1.82) is 0 Å². The van der Waals surface area contributed by atoms with E-state index in [1.54, 1.807) is 0 Å². The summed E-state index contributed by atoms with van der Waals surface area (Å²) in [5.41, 5.74) is 5.38. The van der Waals surface area contributed by atoms with E-state index in [1.807, 2.05) is 0 Å². The molecule has 0 saturated heterocycles. The number of amides is 1. The second kappa shape index (κ2) is 12.5. The van der Waals surface area contributed by atoms with Gasteiger partial charge in [0.15, 0.2) is 0 Å². The van der Waals surface area contributed by atoms with Gasteiger partial charge in [-0.25, -0.2) is 0 Å². The van der Waals surface area contributed by atoms with E-state index < -0.39 is 0 Å². The Hall–Kier alpha value is -0.610. The molecular formula is C12H26N2O2. The first-order chi connectivity index (χ1) is 7.81. The van der Waals surface area contributed by atoms with Gasteiger partial charge in [-0.3, -0.25) is 4.79 Å². The number of rotatable bonds is 11. The zero-order chi connectivity index (χ0) is 12.1. The lowest BCUT2D eigenvalue weighted by atomic mass is 10.2. The third-order valence-electron chi connectivity index (χ3n) is 2.52. The predicted molar refractivity (Wildman–Crippen MR) is 66.1 cm³/mol. The van der Waals surface area contributed by atoms with Gasteiger partial charge in [0.25, 0.3) is 0 Å². The van der Waals surface area contributed by atoms with Crippen molar-refractivity contribution in [3.63, 3.8) is 0 Å². The first-order valence-corrected chi connectivity index (χ1v) is 6.39. The Labute approximate surface area is 98.6 Å². The Balaban J connectivity index is 3.11. The number of carbonyl (C=O) groups excluding carboxylic acids is 1. The van der Waals surface area contributed by atoms with E-state index in [4.69, 9.17) is 10.8 Å². The first-order valence-electron chi connectivity index (χ1n) is 6.39. The molecule has 0 radical (unpaired) electrons. The monoisotopic (exact) mass is 230 g/mol. The highest BCUT2D eigenvalue weighted by atomic mass is 16.2. The average Bonchev–Trinajstić information content (AvgIpc) is 2.29. The molecule has 4 N–H and O–H groups in total. The smallest absolute Gasteiger partial charge is 0.219 e. The van der Waals surface area contributed by atoms with Crippen molar-refractivity contribution >= 4 is 5.91 Å². The largest absolute Gasteiger partial charge is 0.396 e. The van der Waals surface area contributed by atoms with Crippen LogP contribution in [0.1, 0.15) is 51.4 Å². The molecule has 0 atom stereocenters. The second-order valence-corrected chi connectivity index (χ2v) is 4.09. The third kappa shape index (κ3) is 11.5. The molecule has 0 aliphatic heterocycles. The van der Waals surface area contributed by atoms with E-state index in [0.717, 1.165) is 58.0 Å². The number of hydrogen-bond acceptors (Lipinski definition) is 3. The van der Waals surface area contributed by atoms with Crippen LogP contribution < -0.4 is 11.1 Å². The molecule has 1 amide bonds. The lowest BCUT2D eigenvalue weighted by molar-refractivity contribution is -0.121. The van der Waals surface area contributed by atoms with Crippen LogP contribution in [0.15, 0.2) is 0 Å². The van der Waals surface area contributed by atoms with Gasteiger partial charge in [0.05, 0.1) is 0 Å². The van der Waals surface area contributed by atoms with Gasteiger partial charge in [-0.2, -0.15) is 0 Å². The summed E-state index contributed by atoms with van der Waals surface area (Å²) in [6.07, 6.45) is 7.61. The fourth-order valence-electron chi connectivity index (χ4n) is 1.51. The van der Waals surface area contributed by atoms with E-state index in [-0.39, 0.29) is 12.5 Å². The number of aliphatic hydroxyl groups excluding tert-OH is 1. The molecule has 0 heterocycles. The molecule has 0 aliphatic carbocycles. The Bertz CT molecular complexity index is 163. The molecule has 0 fully saturated rings. The minimum absolute atomic E-state index is 0.136. The quantitative estimate of drug-likeness (QED) is 0.466. The van der Waals surface area contributed by atoms with E-state index >= 15 is 0 Å². The van der Waals surface area contributed by atoms with Crippen LogP contribution in [0, 0.1) is 0 Å². The summed E-state index contributed by atoms with van der Waals surface area (Å²) in [6.45, 7) is 1.77. The van der Waals surface area contributed by atoms with E-state index in [1.165, 1.54) is 0 Å². The minimum atomic E-state index is 0.136. The van der Waals surface area contributed by atoms with Gasteiger partial charge < -0.3 is 16.2 Å². The summed E-state index contributed by atoms with van der Waals surface area (Å²) in [6, 6.07) is 0. The van der Waals surface area contributed by atoms with Gasteiger partial charge >= 0.3 is 0 Å². The van der Waals surface area contributed by atoms with Gasteiger partial charge in [0.2, 0.25) is 5.91 Å². The standard InChI is InChI=1S/C12H26N2O2/c13-9-5-1-2-6-10-14-12(16)8-4-3-7-11-15/h15H,1-11,13H2,(H,14,16). The number of aliphatic hydroxyl groups is 1. The highest BCUT2D eigenvalue weighted by Crippen LogP contribution is 2.00. The summed E-state index contributed by atoms with van der Waals surface area (Å²) < 4.78 is 0. The Morgan fingerprint density at radius 3 is 2.38 bits per heavy atom. The molecule has 4 nitrogen and oxygen atoms in total. The lowest BCUT2D eigenvalue weighted by Crippen LogP contribution is -2.24. The van der Waals surface area contributed by atoms with Gasteiger partial charge in [-0.05, 0) is 32.2 Å². The van der Waals surface area contributed by atoms with Crippen LogP contribution in [-0.2, 0) is 4.79 Å².